The van der Waals surface area contributed by atoms with Crippen LogP contribution in [0.25, 0.3) is 0 Å². The van der Waals surface area contributed by atoms with Crippen molar-refractivity contribution in [3.8, 4) is 0 Å². The van der Waals surface area contributed by atoms with Crippen LogP contribution in [0.15, 0.2) is 17.3 Å². The lowest BCUT2D eigenvalue weighted by Crippen LogP contribution is -2.46. The molecule has 0 radical (unpaired) electrons. The third kappa shape index (κ3) is 2.54. The summed E-state index contributed by atoms with van der Waals surface area (Å²) in [4.78, 5) is 4.01. The lowest BCUT2D eigenvalue weighted by Gasteiger charge is -2.31. The monoisotopic (exact) mass is 183 g/mol. The van der Waals surface area contributed by atoms with Crippen LogP contribution >= 0.6 is 0 Å². The molecule has 1 unspecified atom stereocenters. The summed E-state index contributed by atoms with van der Waals surface area (Å²) in [5.41, 5.74) is 5.61. The molecule has 4 heteroatoms. The molecule has 4 nitrogen and oxygen atoms in total. The van der Waals surface area contributed by atoms with Crippen molar-refractivity contribution in [2.24, 2.45) is 10.7 Å². The number of likely N-dealkylation sites (N-methyl/N-ethyl adjacent to an activating group) is 1. The molecule has 0 saturated heterocycles. The molecule has 0 spiro atoms. The third-order valence-corrected chi connectivity index (χ3v) is 2.38. The maximum Gasteiger partial charge on any atom is 0.101 e. The predicted molar refractivity (Wildman–Crippen MR) is 53.7 cm³/mol. The van der Waals surface area contributed by atoms with E-state index in [1.54, 1.807) is 13.3 Å². The number of nitrogens with zero attached hydrogens (tertiary/aromatic N) is 1. The highest BCUT2D eigenvalue weighted by atomic mass is 16.5. The van der Waals surface area contributed by atoms with Crippen molar-refractivity contribution in [1.29, 1.82) is 0 Å². The summed E-state index contributed by atoms with van der Waals surface area (Å²) in [6, 6.07) is 0. The number of ether oxygens (including phenoxy) is 1. The summed E-state index contributed by atoms with van der Waals surface area (Å²) in [5.74, 6) is 0.674. The molecule has 13 heavy (non-hydrogen) atoms. The molecule has 1 aliphatic heterocycles. The number of methoxy groups -OCH3 is 1. The van der Waals surface area contributed by atoms with E-state index >= 15 is 0 Å². The molecule has 0 amide bonds. The number of amidine groups is 1. The Morgan fingerprint density at radius 3 is 3.08 bits per heavy atom. The predicted octanol–water partition coefficient (Wildman–Crippen LogP) is 0.256. The molecule has 3 N–H and O–H groups in total. The topological polar surface area (TPSA) is 59.6 Å². The van der Waals surface area contributed by atoms with Crippen LogP contribution < -0.4 is 11.1 Å². The van der Waals surface area contributed by atoms with Crippen LogP contribution in [0.3, 0.4) is 0 Å². The van der Waals surface area contributed by atoms with Crippen molar-refractivity contribution < 1.29 is 4.74 Å². The van der Waals surface area contributed by atoms with Gasteiger partial charge in [0.2, 0.25) is 0 Å². The zero-order chi connectivity index (χ0) is 9.73. The largest absolute Gasteiger partial charge is 0.387 e. The van der Waals surface area contributed by atoms with Crippen LogP contribution in [0.2, 0.25) is 0 Å². The first-order chi connectivity index (χ1) is 6.22. The molecule has 0 fully saturated rings. The van der Waals surface area contributed by atoms with Gasteiger partial charge < -0.3 is 15.8 Å². The van der Waals surface area contributed by atoms with Gasteiger partial charge in [-0.25, -0.2) is 4.99 Å². The minimum absolute atomic E-state index is 0.0676. The molecule has 1 rings (SSSR count). The van der Waals surface area contributed by atoms with Gasteiger partial charge in [-0.3, -0.25) is 0 Å². The fourth-order valence-electron chi connectivity index (χ4n) is 1.46. The van der Waals surface area contributed by atoms with E-state index in [9.17, 15) is 0 Å². The van der Waals surface area contributed by atoms with Gasteiger partial charge in [-0.2, -0.15) is 0 Å². The molecule has 1 heterocycles. The van der Waals surface area contributed by atoms with E-state index in [0.717, 1.165) is 19.4 Å². The van der Waals surface area contributed by atoms with E-state index in [-0.39, 0.29) is 5.54 Å². The van der Waals surface area contributed by atoms with Crippen molar-refractivity contribution in [2.45, 2.75) is 18.4 Å². The lowest BCUT2D eigenvalue weighted by atomic mass is 9.90. The van der Waals surface area contributed by atoms with Crippen LogP contribution in [0.5, 0.6) is 0 Å². The van der Waals surface area contributed by atoms with Crippen LogP contribution in [-0.2, 0) is 4.74 Å². The zero-order valence-corrected chi connectivity index (χ0v) is 8.21. The number of hydrogen-bond donors (Lipinski definition) is 2. The molecule has 1 atom stereocenters. The Bertz CT molecular complexity index is 225. The van der Waals surface area contributed by atoms with Crippen molar-refractivity contribution >= 4 is 5.84 Å². The quantitative estimate of drug-likeness (QED) is 0.657. The molecule has 74 valence electrons. The number of rotatable bonds is 4. The van der Waals surface area contributed by atoms with Crippen LogP contribution in [0, 0.1) is 0 Å². The van der Waals surface area contributed by atoms with E-state index in [0.29, 0.717) is 5.84 Å². The normalized spacial score (nSPS) is 27.4. The van der Waals surface area contributed by atoms with Gasteiger partial charge >= 0.3 is 0 Å². The maximum absolute atomic E-state index is 5.68. The Labute approximate surface area is 78.9 Å². The van der Waals surface area contributed by atoms with Gasteiger partial charge in [0, 0.05) is 31.9 Å². The Morgan fingerprint density at radius 2 is 2.54 bits per heavy atom. The highest BCUT2D eigenvalue weighted by Gasteiger charge is 2.27. The fraction of sp³-hybridized carbons (Fsp3) is 0.667. The fourth-order valence-corrected chi connectivity index (χ4v) is 1.46. The Kier molecular flexibility index (Phi) is 3.45. The second kappa shape index (κ2) is 4.39. The van der Waals surface area contributed by atoms with E-state index in [2.05, 4.69) is 10.3 Å². The van der Waals surface area contributed by atoms with E-state index in [1.807, 2.05) is 13.1 Å². The second-order valence-electron chi connectivity index (χ2n) is 3.26. The number of hydrogen-bond acceptors (Lipinski definition) is 4. The van der Waals surface area contributed by atoms with Gasteiger partial charge in [0.1, 0.15) is 5.84 Å². The lowest BCUT2D eigenvalue weighted by molar-refractivity contribution is 0.171. The third-order valence-electron chi connectivity index (χ3n) is 2.38. The summed E-state index contributed by atoms with van der Waals surface area (Å²) in [7, 11) is 3.63. The Hall–Kier alpha value is -0.870. The smallest absolute Gasteiger partial charge is 0.101 e. The molecule has 0 saturated carbocycles. The molecule has 0 bridgehead atoms. The Morgan fingerprint density at radius 1 is 1.77 bits per heavy atom. The van der Waals surface area contributed by atoms with Crippen LogP contribution in [0.1, 0.15) is 12.8 Å². The van der Waals surface area contributed by atoms with Gasteiger partial charge in [-0.15, -0.1) is 0 Å². The minimum Gasteiger partial charge on any atom is -0.387 e. The summed E-state index contributed by atoms with van der Waals surface area (Å²) in [6.45, 7) is 0.721. The molecule has 0 aliphatic carbocycles. The first-order valence-corrected chi connectivity index (χ1v) is 4.40. The van der Waals surface area contributed by atoms with Crippen LogP contribution in [-0.4, -0.2) is 32.1 Å². The second-order valence-corrected chi connectivity index (χ2v) is 3.26. The van der Waals surface area contributed by atoms with E-state index < -0.39 is 0 Å². The zero-order valence-electron chi connectivity index (χ0n) is 8.21. The standard InChI is InChI=1S/C9H17N3O/c1-11-9(4-6-13-2)3-5-12-8(10)7-9/h3,5,11H,4,6-7H2,1-2H3,(H2,10,12). The SMILES string of the molecule is CNC1(CCOC)C=CN=C(N)C1. The van der Waals surface area contributed by atoms with Crippen molar-refractivity contribution in [3.63, 3.8) is 0 Å². The average molecular weight is 183 g/mol. The first kappa shape index (κ1) is 10.2. The van der Waals surface area contributed by atoms with Crippen LogP contribution in [0.4, 0.5) is 0 Å². The first-order valence-electron chi connectivity index (χ1n) is 4.40. The highest BCUT2D eigenvalue weighted by molar-refractivity contribution is 5.83. The maximum atomic E-state index is 5.68. The number of nitrogens with two attached hydrogens (primary N) is 1. The van der Waals surface area contributed by atoms with Crippen molar-refractivity contribution in [2.75, 3.05) is 20.8 Å². The molecule has 0 aromatic heterocycles. The van der Waals surface area contributed by atoms with Crippen molar-refractivity contribution in [1.82, 2.24) is 5.32 Å². The molecule has 1 aliphatic rings. The van der Waals surface area contributed by atoms with Gasteiger partial charge in [-0.1, -0.05) is 0 Å². The van der Waals surface area contributed by atoms with Gasteiger partial charge in [-0.05, 0) is 19.5 Å². The summed E-state index contributed by atoms with van der Waals surface area (Å²) < 4.78 is 5.05. The molecule has 0 aromatic carbocycles. The summed E-state index contributed by atoms with van der Waals surface area (Å²) >= 11 is 0. The van der Waals surface area contributed by atoms with Gasteiger partial charge in [0.05, 0.1) is 0 Å². The van der Waals surface area contributed by atoms with Gasteiger partial charge in [0.25, 0.3) is 0 Å². The van der Waals surface area contributed by atoms with Crippen molar-refractivity contribution in [3.05, 3.63) is 12.3 Å². The van der Waals surface area contributed by atoms with E-state index in [1.165, 1.54) is 0 Å². The molecular weight excluding hydrogens is 166 g/mol. The Balaban J connectivity index is 2.61. The number of nitrogens with one attached hydrogen (secondary N) is 1. The highest BCUT2D eigenvalue weighted by Crippen LogP contribution is 2.20. The minimum atomic E-state index is -0.0676. The summed E-state index contributed by atoms with van der Waals surface area (Å²) in [5, 5.41) is 3.26. The number of aliphatic imine (C=N–C) groups is 1. The molecular formula is C9H17N3O. The summed E-state index contributed by atoms with van der Waals surface area (Å²) in [6.07, 6.45) is 5.46. The van der Waals surface area contributed by atoms with E-state index in [4.69, 9.17) is 10.5 Å². The average Bonchev–Trinajstić information content (AvgIpc) is 2.15. The molecule has 0 aromatic rings. The van der Waals surface area contributed by atoms with Gasteiger partial charge in [0.15, 0.2) is 0 Å².